The highest BCUT2D eigenvalue weighted by Crippen LogP contribution is 2.09. The second-order valence-electron chi connectivity index (χ2n) is 2.73. The number of nitrogens with zero attached hydrogens (tertiary/aromatic N) is 6. The lowest BCUT2D eigenvalue weighted by molar-refractivity contribution is 0.881. The van der Waals surface area contributed by atoms with E-state index in [9.17, 15) is 0 Å². The van der Waals surface area contributed by atoms with Gasteiger partial charge in [0.25, 0.3) is 0 Å². The van der Waals surface area contributed by atoms with Crippen molar-refractivity contribution < 1.29 is 0 Å². The maximum Gasteiger partial charge on any atom is 0.222 e. The number of aromatic nitrogens is 5. The molecule has 0 spiro atoms. The van der Waals surface area contributed by atoms with Crippen molar-refractivity contribution >= 4 is 5.84 Å². The van der Waals surface area contributed by atoms with Crippen molar-refractivity contribution in [2.24, 2.45) is 16.1 Å². The van der Waals surface area contributed by atoms with E-state index in [2.05, 4.69) is 35.9 Å². The minimum atomic E-state index is 0.0559. The third-order valence-electron chi connectivity index (χ3n) is 1.74. The van der Waals surface area contributed by atoms with Gasteiger partial charge in [0.1, 0.15) is 11.4 Å². The van der Waals surface area contributed by atoms with Crippen LogP contribution in [0.4, 0.5) is 0 Å². The molecule has 0 aliphatic carbocycles. The number of tetrazole rings is 1. The Morgan fingerprint density at radius 2 is 2.31 bits per heavy atom. The molecule has 0 amide bonds. The number of amidine groups is 1. The average molecular weight is 217 g/mol. The second kappa shape index (κ2) is 4.21. The van der Waals surface area contributed by atoms with Crippen LogP contribution in [0.25, 0.3) is 11.5 Å². The Balaban J connectivity index is 2.41. The van der Waals surface area contributed by atoms with E-state index in [0.717, 1.165) is 0 Å². The van der Waals surface area contributed by atoms with Crippen LogP contribution in [0.5, 0.6) is 0 Å². The molecule has 9 nitrogen and oxygen atoms in total. The first-order valence-electron chi connectivity index (χ1n) is 4.22. The molecule has 9 heteroatoms. The number of aromatic amines is 1. The highest BCUT2D eigenvalue weighted by molar-refractivity contribution is 5.95. The molecule has 2 rings (SSSR count). The summed E-state index contributed by atoms with van der Waals surface area (Å²) in [6.45, 7) is 0. The molecule has 0 saturated carbocycles. The average Bonchev–Trinajstić information content (AvgIpc) is 2.83. The van der Waals surface area contributed by atoms with Crippen LogP contribution in [0.3, 0.4) is 0 Å². The van der Waals surface area contributed by atoms with E-state index in [1.54, 1.807) is 18.2 Å². The third kappa shape index (κ3) is 1.87. The summed E-state index contributed by atoms with van der Waals surface area (Å²) in [4.78, 5) is 4.15. The Morgan fingerprint density at radius 1 is 1.44 bits per heavy atom. The highest BCUT2D eigenvalue weighted by atomic mass is 15.5. The summed E-state index contributed by atoms with van der Waals surface area (Å²) in [5.41, 5.74) is 13.0. The van der Waals surface area contributed by atoms with Gasteiger partial charge >= 0.3 is 0 Å². The zero-order valence-corrected chi connectivity index (χ0v) is 7.99. The Kier molecular flexibility index (Phi) is 2.59. The molecular weight excluding hydrogens is 210 g/mol. The molecule has 4 N–H and O–H groups in total. The van der Waals surface area contributed by atoms with Crippen LogP contribution in [0, 0.1) is 5.53 Å². The van der Waals surface area contributed by atoms with Crippen LogP contribution in [-0.2, 0) is 0 Å². The Morgan fingerprint density at radius 3 is 3.00 bits per heavy atom. The van der Waals surface area contributed by atoms with Gasteiger partial charge in [-0.05, 0) is 17.3 Å². The highest BCUT2D eigenvalue weighted by Gasteiger charge is 2.07. The first-order chi connectivity index (χ1) is 7.81. The molecule has 0 saturated heterocycles. The second-order valence-corrected chi connectivity index (χ2v) is 2.73. The van der Waals surface area contributed by atoms with Crippen molar-refractivity contribution in [3.8, 4) is 11.5 Å². The minimum absolute atomic E-state index is 0.0559. The normalized spacial score (nSPS) is 11.4. The summed E-state index contributed by atoms with van der Waals surface area (Å²) in [5.74, 6) is 0.415. The molecule has 0 radical (unpaired) electrons. The molecular formula is C7H7N9. The number of hydrogen-bond donors (Lipinski definition) is 3. The lowest BCUT2D eigenvalue weighted by Gasteiger charge is -1.99. The fourth-order valence-electron chi connectivity index (χ4n) is 1.08. The first kappa shape index (κ1) is 9.83. The van der Waals surface area contributed by atoms with Crippen molar-refractivity contribution in [3.05, 3.63) is 23.9 Å². The van der Waals surface area contributed by atoms with Crippen molar-refractivity contribution in [3.63, 3.8) is 0 Å². The molecule has 2 aromatic heterocycles. The van der Waals surface area contributed by atoms with Crippen molar-refractivity contribution in [2.75, 3.05) is 0 Å². The van der Waals surface area contributed by atoms with Crippen LogP contribution in [0.2, 0.25) is 0 Å². The first-order valence-corrected chi connectivity index (χ1v) is 4.22. The fourth-order valence-corrected chi connectivity index (χ4v) is 1.08. The lowest BCUT2D eigenvalue weighted by Crippen LogP contribution is -2.14. The molecule has 0 unspecified atom stereocenters. The number of hydrogen-bond acceptors (Lipinski definition) is 6. The Bertz CT molecular complexity index is 514. The van der Waals surface area contributed by atoms with E-state index >= 15 is 0 Å². The summed E-state index contributed by atoms with van der Waals surface area (Å²) in [6, 6.07) is 5.08. The van der Waals surface area contributed by atoms with E-state index in [-0.39, 0.29) is 5.84 Å². The smallest absolute Gasteiger partial charge is 0.222 e. The molecule has 2 aromatic rings. The molecule has 0 fully saturated rings. The topological polar surface area (TPSA) is 142 Å². The molecule has 0 bridgehead atoms. The van der Waals surface area contributed by atoms with E-state index < -0.39 is 0 Å². The SMILES string of the molecule is N=N/N=C(\N)c1cccc(-c2nn[nH]n2)n1. The number of rotatable bonds is 3. The maximum absolute atomic E-state index is 6.57. The van der Waals surface area contributed by atoms with Gasteiger partial charge in [0.15, 0.2) is 5.84 Å². The van der Waals surface area contributed by atoms with Crippen LogP contribution in [0.15, 0.2) is 28.5 Å². The number of nitrogens with two attached hydrogens (primary N) is 1. The lowest BCUT2D eigenvalue weighted by atomic mass is 10.3. The van der Waals surface area contributed by atoms with E-state index in [1.165, 1.54) is 0 Å². The van der Waals surface area contributed by atoms with Crippen LogP contribution in [-0.4, -0.2) is 31.4 Å². The van der Waals surface area contributed by atoms with Crippen molar-refractivity contribution in [2.45, 2.75) is 0 Å². The predicted molar refractivity (Wildman–Crippen MR) is 53.3 cm³/mol. The van der Waals surface area contributed by atoms with Crippen molar-refractivity contribution in [1.82, 2.24) is 25.6 Å². The largest absolute Gasteiger partial charge is 0.380 e. The monoisotopic (exact) mass is 217 g/mol. The summed E-state index contributed by atoms with van der Waals surface area (Å²) < 4.78 is 0. The van der Waals surface area contributed by atoms with Gasteiger partial charge in [-0.25, -0.2) is 4.98 Å². The summed E-state index contributed by atoms with van der Waals surface area (Å²) >= 11 is 0. The van der Waals surface area contributed by atoms with E-state index in [4.69, 9.17) is 11.3 Å². The van der Waals surface area contributed by atoms with Crippen molar-refractivity contribution in [1.29, 1.82) is 5.53 Å². The van der Waals surface area contributed by atoms with E-state index in [1.807, 2.05) is 0 Å². The van der Waals surface area contributed by atoms with E-state index in [0.29, 0.717) is 17.2 Å². The van der Waals surface area contributed by atoms with Crippen LogP contribution in [0.1, 0.15) is 5.69 Å². The number of H-pyrrole nitrogens is 1. The maximum atomic E-state index is 6.57. The quantitative estimate of drug-likeness (QED) is 0.285. The Labute approximate surface area is 89.3 Å². The zero-order valence-electron chi connectivity index (χ0n) is 7.99. The molecule has 0 aliphatic heterocycles. The van der Waals surface area contributed by atoms with Gasteiger partial charge in [-0.3, -0.25) is 0 Å². The molecule has 0 aliphatic rings. The van der Waals surface area contributed by atoms with Gasteiger partial charge in [-0.1, -0.05) is 11.3 Å². The van der Waals surface area contributed by atoms with Gasteiger partial charge < -0.3 is 5.73 Å². The van der Waals surface area contributed by atoms with Gasteiger partial charge in [0.05, 0.1) is 0 Å². The molecule has 16 heavy (non-hydrogen) atoms. The molecule has 80 valence electrons. The third-order valence-corrected chi connectivity index (χ3v) is 1.74. The number of nitrogens with one attached hydrogen (secondary N) is 2. The molecule has 2 heterocycles. The molecule has 0 atom stereocenters. The standard InChI is InChI=1S/C7H7N9/c8-6(11-14-9)4-2-1-3-5(10-4)7-12-15-16-13-7/h1-3H,(H3,8,9,11)(H,12,13,15,16). The van der Waals surface area contributed by atoms with Gasteiger partial charge in [0, 0.05) is 0 Å². The zero-order chi connectivity index (χ0) is 11.4. The Hall–Kier alpha value is -2.71. The predicted octanol–water partition coefficient (Wildman–Crippen LogP) is -0.0870. The van der Waals surface area contributed by atoms with Gasteiger partial charge in [-0.2, -0.15) is 10.7 Å². The summed E-state index contributed by atoms with van der Waals surface area (Å²) in [7, 11) is 0. The molecule has 0 aromatic carbocycles. The fraction of sp³-hybridized carbons (Fsp3) is 0. The summed E-state index contributed by atoms with van der Waals surface area (Å²) in [5, 5.41) is 19.5. The van der Waals surface area contributed by atoms with Gasteiger partial charge in [0.2, 0.25) is 5.82 Å². The minimum Gasteiger partial charge on any atom is -0.380 e. The summed E-state index contributed by atoms with van der Waals surface area (Å²) in [6.07, 6.45) is 0. The van der Waals surface area contributed by atoms with Crippen LogP contribution >= 0.6 is 0 Å². The number of pyridine rings is 1. The van der Waals surface area contributed by atoms with Gasteiger partial charge in [-0.15, -0.1) is 15.3 Å². The van der Waals surface area contributed by atoms with Crippen LogP contribution < -0.4 is 5.73 Å².